The van der Waals surface area contributed by atoms with Crippen LogP contribution >= 0.6 is 0 Å². The third kappa shape index (κ3) is 3.08. The Hall–Kier alpha value is -0.830. The van der Waals surface area contributed by atoms with Crippen molar-refractivity contribution < 1.29 is 0 Å². The monoisotopic (exact) mass is 277 g/mol. The van der Waals surface area contributed by atoms with Crippen LogP contribution in [0.2, 0.25) is 0 Å². The van der Waals surface area contributed by atoms with Crippen LogP contribution in [0.4, 0.5) is 0 Å². The minimum Gasteiger partial charge on any atom is -0.330 e. The van der Waals surface area contributed by atoms with E-state index in [1.807, 2.05) is 6.33 Å². The molecule has 1 fully saturated rings. The second-order valence-electron chi connectivity index (χ2n) is 7.43. The van der Waals surface area contributed by atoms with Crippen LogP contribution in [0.25, 0.3) is 0 Å². The maximum atomic E-state index is 4.51. The zero-order chi connectivity index (χ0) is 14.9. The second kappa shape index (κ2) is 5.88. The lowest BCUT2D eigenvalue weighted by molar-refractivity contribution is 0.117. The van der Waals surface area contributed by atoms with Crippen molar-refractivity contribution in [2.75, 3.05) is 6.54 Å². The first-order valence-electron chi connectivity index (χ1n) is 8.08. The lowest BCUT2D eigenvalue weighted by atomic mass is 9.69. The van der Waals surface area contributed by atoms with Crippen LogP contribution in [0.3, 0.4) is 0 Å². The van der Waals surface area contributed by atoms with Crippen molar-refractivity contribution in [2.24, 2.45) is 11.3 Å². The maximum absolute atomic E-state index is 4.51. The average molecular weight is 277 g/mol. The molecule has 3 atom stereocenters. The molecule has 1 aromatic heterocycles. The number of hydrogen-bond donors (Lipinski definition) is 1. The van der Waals surface area contributed by atoms with Crippen molar-refractivity contribution in [3.8, 4) is 0 Å². The fourth-order valence-electron chi connectivity index (χ4n) is 3.59. The number of nitrogens with zero attached hydrogens (tertiary/aromatic N) is 2. The highest BCUT2D eigenvalue weighted by Crippen LogP contribution is 2.42. The summed E-state index contributed by atoms with van der Waals surface area (Å²) in [7, 11) is 0. The predicted molar refractivity (Wildman–Crippen MR) is 85.0 cm³/mol. The quantitative estimate of drug-likeness (QED) is 0.909. The smallest absolute Gasteiger partial charge is 0.0954 e. The summed E-state index contributed by atoms with van der Waals surface area (Å²) in [4.78, 5) is 4.51. The van der Waals surface area contributed by atoms with Crippen LogP contribution in [0, 0.1) is 25.2 Å². The van der Waals surface area contributed by atoms with Crippen LogP contribution in [-0.2, 0) is 0 Å². The molecule has 1 N–H and O–H groups in total. The Morgan fingerprint density at radius 1 is 1.30 bits per heavy atom. The van der Waals surface area contributed by atoms with Crippen molar-refractivity contribution >= 4 is 0 Å². The van der Waals surface area contributed by atoms with Crippen molar-refractivity contribution in [1.29, 1.82) is 0 Å². The first kappa shape index (κ1) is 15.6. The van der Waals surface area contributed by atoms with Crippen LogP contribution in [-0.4, -0.2) is 22.1 Å². The van der Waals surface area contributed by atoms with Gasteiger partial charge in [-0.15, -0.1) is 0 Å². The van der Waals surface area contributed by atoms with E-state index in [0.717, 1.165) is 18.2 Å². The van der Waals surface area contributed by atoms with Gasteiger partial charge in [0.15, 0.2) is 0 Å². The summed E-state index contributed by atoms with van der Waals surface area (Å²) in [6, 6.07) is 1.14. The number of nitrogens with one attached hydrogen (secondary N) is 1. The molecular formula is C17H31N3. The Balaban J connectivity index is 2.25. The zero-order valence-electron chi connectivity index (χ0n) is 14.0. The molecule has 0 aliphatic heterocycles. The number of rotatable bonds is 3. The topological polar surface area (TPSA) is 29.9 Å². The van der Waals surface area contributed by atoms with Gasteiger partial charge in [-0.25, -0.2) is 4.98 Å². The van der Waals surface area contributed by atoms with E-state index in [2.05, 4.69) is 56.4 Å². The SMILES string of the molecule is CCNC1CCC(C(C)(C)C)CC1n1cnc(C)c1C. The summed E-state index contributed by atoms with van der Waals surface area (Å²) in [5.74, 6) is 0.796. The van der Waals surface area contributed by atoms with Gasteiger partial charge in [-0.1, -0.05) is 27.7 Å². The van der Waals surface area contributed by atoms with Crippen LogP contribution in [0.15, 0.2) is 6.33 Å². The van der Waals surface area contributed by atoms with Crippen LogP contribution < -0.4 is 5.32 Å². The summed E-state index contributed by atoms with van der Waals surface area (Å²) in [5, 5.41) is 3.69. The van der Waals surface area contributed by atoms with Crippen molar-refractivity contribution in [3.05, 3.63) is 17.7 Å². The van der Waals surface area contributed by atoms with E-state index < -0.39 is 0 Å². The molecule has 20 heavy (non-hydrogen) atoms. The van der Waals surface area contributed by atoms with E-state index >= 15 is 0 Å². The summed E-state index contributed by atoms with van der Waals surface area (Å²) >= 11 is 0. The first-order valence-corrected chi connectivity index (χ1v) is 8.08. The standard InChI is InChI=1S/C17H31N3/c1-7-18-15-9-8-14(17(4,5)6)10-16(15)20-11-19-12(2)13(20)3/h11,14-16,18H,7-10H2,1-6H3. The Morgan fingerprint density at radius 3 is 2.50 bits per heavy atom. The Labute approximate surface area is 124 Å². The van der Waals surface area contributed by atoms with Gasteiger partial charge >= 0.3 is 0 Å². The molecule has 1 heterocycles. The summed E-state index contributed by atoms with van der Waals surface area (Å²) in [6.07, 6.45) is 5.92. The second-order valence-corrected chi connectivity index (χ2v) is 7.43. The number of imidazole rings is 1. The molecule has 0 amide bonds. The molecule has 1 aliphatic carbocycles. The molecule has 0 spiro atoms. The third-order valence-corrected chi connectivity index (χ3v) is 5.15. The number of aryl methyl sites for hydroxylation is 1. The molecule has 2 rings (SSSR count). The maximum Gasteiger partial charge on any atom is 0.0954 e. The van der Waals surface area contributed by atoms with Gasteiger partial charge in [0.05, 0.1) is 18.1 Å². The normalized spacial score (nSPS) is 27.8. The summed E-state index contributed by atoms with van der Waals surface area (Å²) in [6.45, 7) is 14.7. The Morgan fingerprint density at radius 2 is 2.00 bits per heavy atom. The molecular weight excluding hydrogens is 246 g/mol. The molecule has 0 saturated heterocycles. The predicted octanol–water partition coefficient (Wildman–Crippen LogP) is 3.87. The molecule has 0 radical (unpaired) electrons. The van der Waals surface area contributed by atoms with Gasteiger partial charge in [0.1, 0.15) is 0 Å². The van der Waals surface area contributed by atoms with Crippen molar-refractivity contribution in [3.63, 3.8) is 0 Å². The largest absolute Gasteiger partial charge is 0.330 e. The highest BCUT2D eigenvalue weighted by molar-refractivity contribution is 5.11. The zero-order valence-corrected chi connectivity index (χ0v) is 14.0. The van der Waals surface area contributed by atoms with Gasteiger partial charge in [0.2, 0.25) is 0 Å². The number of hydrogen-bond acceptors (Lipinski definition) is 2. The molecule has 0 aromatic carbocycles. The van der Waals surface area contributed by atoms with Gasteiger partial charge in [0, 0.05) is 11.7 Å². The van der Waals surface area contributed by atoms with Crippen LogP contribution in [0.5, 0.6) is 0 Å². The minimum absolute atomic E-state index is 0.402. The van der Waals surface area contributed by atoms with E-state index in [4.69, 9.17) is 0 Å². The highest BCUT2D eigenvalue weighted by Gasteiger charge is 2.36. The van der Waals surface area contributed by atoms with Gasteiger partial charge in [-0.3, -0.25) is 0 Å². The van der Waals surface area contributed by atoms with Gasteiger partial charge in [-0.2, -0.15) is 0 Å². The first-order chi connectivity index (χ1) is 9.34. The molecule has 1 aromatic rings. The van der Waals surface area contributed by atoms with E-state index in [0.29, 0.717) is 17.5 Å². The summed E-state index contributed by atoms with van der Waals surface area (Å²) in [5.41, 5.74) is 2.89. The van der Waals surface area contributed by atoms with Gasteiger partial charge < -0.3 is 9.88 Å². The average Bonchev–Trinajstić information content (AvgIpc) is 2.70. The minimum atomic E-state index is 0.402. The summed E-state index contributed by atoms with van der Waals surface area (Å²) < 4.78 is 2.42. The van der Waals surface area contributed by atoms with Crippen LogP contribution in [0.1, 0.15) is 64.4 Å². The Kier molecular flexibility index (Phi) is 4.58. The molecule has 1 aliphatic rings. The van der Waals surface area contributed by atoms with Crippen molar-refractivity contribution in [1.82, 2.24) is 14.9 Å². The number of likely N-dealkylation sites (N-methyl/N-ethyl adjacent to an activating group) is 1. The van der Waals surface area contributed by atoms with E-state index in [1.54, 1.807) is 0 Å². The lowest BCUT2D eigenvalue weighted by Crippen LogP contribution is -2.44. The van der Waals surface area contributed by atoms with E-state index in [-0.39, 0.29) is 0 Å². The highest BCUT2D eigenvalue weighted by atomic mass is 15.1. The molecule has 3 heteroatoms. The molecule has 3 nitrogen and oxygen atoms in total. The fraction of sp³-hybridized carbons (Fsp3) is 0.824. The van der Waals surface area contributed by atoms with E-state index in [1.165, 1.54) is 25.0 Å². The van der Waals surface area contributed by atoms with Crippen molar-refractivity contribution in [2.45, 2.75) is 72.9 Å². The van der Waals surface area contributed by atoms with Gasteiger partial charge in [-0.05, 0) is 51.0 Å². The molecule has 3 unspecified atom stereocenters. The number of aromatic nitrogens is 2. The molecule has 114 valence electrons. The van der Waals surface area contributed by atoms with Gasteiger partial charge in [0.25, 0.3) is 0 Å². The van der Waals surface area contributed by atoms with E-state index in [9.17, 15) is 0 Å². The molecule has 0 bridgehead atoms. The fourth-order valence-corrected chi connectivity index (χ4v) is 3.59. The third-order valence-electron chi connectivity index (χ3n) is 5.15. The molecule has 1 saturated carbocycles. The lowest BCUT2D eigenvalue weighted by Gasteiger charge is -2.43. The Bertz CT molecular complexity index is 442.